The number of amides is 1. The number of hydrogen-bond acceptors (Lipinski definition) is 5. The van der Waals surface area contributed by atoms with Gasteiger partial charge in [-0.25, -0.2) is 13.8 Å². The van der Waals surface area contributed by atoms with Gasteiger partial charge in [0.2, 0.25) is 10.0 Å². The van der Waals surface area contributed by atoms with Crippen molar-refractivity contribution in [2.75, 3.05) is 6.54 Å². The van der Waals surface area contributed by atoms with Crippen molar-refractivity contribution in [1.82, 2.24) is 14.7 Å². The molecule has 0 aliphatic carbocycles. The minimum atomic E-state index is -3.98. The zero-order valence-corrected chi connectivity index (χ0v) is 19.3. The van der Waals surface area contributed by atoms with E-state index in [2.05, 4.69) is 31.4 Å². The fourth-order valence-corrected chi connectivity index (χ4v) is 4.45. The smallest absolute Gasteiger partial charge is 0.255 e. The maximum Gasteiger partial charge on any atom is 0.255 e. The predicted octanol–water partition coefficient (Wildman–Crippen LogP) is 3.84. The Morgan fingerprint density at radius 2 is 1.81 bits per heavy atom. The lowest BCUT2D eigenvalue weighted by Crippen LogP contribution is -2.39. The van der Waals surface area contributed by atoms with Gasteiger partial charge in [0.15, 0.2) is 0 Å². The number of nitrogens with zero attached hydrogens (tertiary/aromatic N) is 3. The molecule has 1 heterocycles. The van der Waals surface area contributed by atoms with Gasteiger partial charge in [-0.3, -0.25) is 9.78 Å². The highest BCUT2D eigenvalue weighted by atomic mass is 79.9. The highest BCUT2D eigenvalue weighted by molar-refractivity contribution is 9.10. The molecular weight excluding hydrogens is 504 g/mol. The molecule has 0 aliphatic rings. The number of carbonyl (C=O) groups excluding carboxylic acids is 1. The van der Waals surface area contributed by atoms with E-state index in [-0.39, 0.29) is 11.4 Å². The molecule has 0 spiro atoms. The second-order valence-electron chi connectivity index (χ2n) is 6.37. The summed E-state index contributed by atoms with van der Waals surface area (Å²) >= 11 is 9.50. The average Bonchev–Trinajstić information content (AvgIpc) is 2.76. The van der Waals surface area contributed by atoms with Crippen molar-refractivity contribution >= 4 is 49.7 Å². The minimum absolute atomic E-state index is 0.0625. The summed E-state index contributed by atoms with van der Waals surface area (Å²) in [5.74, 6) is -0.597. The minimum Gasteiger partial charge on any atom is -0.272 e. The summed E-state index contributed by atoms with van der Waals surface area (Å²) in [5.41, 5.74) is 3.47. The van der Waals surface area contributed by atoms with Crippen LogP contribution in [0.3, 0.4) is 0 Å². The van der Waals surface area contributed by atoms with Crippen LogP contribution in [0.25, 0.3) is 0 Å². The lowest BCUT2D eigenvalue weighted by molar-refractivity contribution is -0.121. The molecule has 160 valence electrons. The van der Waals surface area contributed by atoms with E-state index >= 15 is 0 Å². The molecule has 2 aromatic carbocycles. The molecule has 3 aromatic rings. The van der Waals surface area contributed by atoms with E-state index < -0.39 is 22.5 Å². The normalized spacial score (nSPS) is 11.7. The third-order valence-electron chi connectivity index (χ3n) is 4.15. The molecular formula is C21H18BrClN4O3S. The number of pyridine rings is 1. The topological polar surface area (TPSA) is 91.7 Å². The van der Waals surface area contributed by atoms with Gasteiger partial charge in [-0.05, 0) is 48.0 Å². The van der Waals surface area contributed by atoms with Crippen LogP contribution in [0.15, 0.2) is 87.4 Å². The van der Waals surface area contributed by atoms with Crippen molar-refractivity contribution in [3.8, 4) is 0 Å². The van der Waals surface area contributed by atoms with Crippen molar-refractivity contribution in [2.45, 2.75) is 11.4 Å². The number of aromatic nitrogens is 1. The van der Waals surface area contributed by atoms with Crippen LogP contribution in [-0.4, -0.2) is 36.4 Å². The van der Waals surface area contributed by atoms with Gasteiger partial charge < -0.3 is 0 Å². The van der Waals surface area contributed by atoms with E-state index in [1.165, 1.54) is 18.3 Å². The first kappa shape index (κ1) is 23.1. The molecule has 10 heteroatoms. The van der Waals surface area contributed by atoms with Gasteiger partial charge in [-0.1, -0.05) is 51.8 Å². The zero-order chi connectivity index (χ0) is 22.3. The highest BCUT2D eigenvalue weighted by Gasteiger charge is 2.27. The van der Waals surface area contributed by atoms with Gasteiger partial charge in [0, 0.05) is 22.2 Å². The highest BCUT2D eigenvalue weighted by Crippen LogP contribution is 2.23. The molecule has 0 fully saturated rings. The van der Waals surface area contributed by atoms with E-state index in [4.69, 9.17) is 11.6 Å². The summed E-state index contributed by atoms with van der Waals surface area (Å²) in [6, 6.07) is 18.3. The third kappa shape index (κ3) is 6.44. The summed E-state index contributed by atoms with van der Waals surface area (Å²) in [5, 5.41) is 4.25. The van der Waals surface area contributed by atoms with Crippen LogP contribution in [0.4, 0.5) is 0 Å². The molecule has 0 radical (unpaired) electrons. The van der Waals surface area contributed by atoms with Crippen LogP contribution >= 0.6 is 27.5 Å². The number of carbonyl (C=O) groups is 1. The van der Waals surface area contributed by atoms with Crippen molar-refractivity contribution in [1.29, 1.82) is 0 Å². The lowest BCUT2D eigenvalue weighted by atomic mass is 10.2. The summed E-state index contributed by atoms with van der Waals surface area (Å²) in [4.78, 5) is 16.6. The van der Waals surface area contributed by atoms with Crippen molar-refractivity contribution in [3.63, 3.8) is 0 Å². The maximum atomic E-state index is 13.2. The van der Waals surface area contributed by atoms with Crippen LogP contribution in [0.2, 0.25) is 5.02 Å². The van der Waals surface area contributed by atoms with Crippen LogP contribution in [0, 0.1) is 0 Å². The largest absolute Gasteiger partial charge is 0.272 e. The van der Waals surface area contributed by atoms with Gasteiger partial charge >= 0.3 is 0 Å². The van der Waals surface area contributed by atoms with Crippen LogP contribution in [0.5, 0.6) is 0 Å². The lowest BCUT2D eigenvalue weighted by Gasteiger charge is -2.22. The van der Waals surface area contributed by atoms with Gasteiger partial charge in [-0.2, -0.15) is 9.41 Å². The van der Waals surface area contributed by atoms with Gasteiger partial charge in [0.25, 0.3) is 5.91 Å². The SMILES string of the molecule is O=C(CN(Cc1ccccc1Cl)S(=O)(=O)c1ccc(Br)cc1)N/N=C/c1ccccn1. The van der Waals surface area contributed by atoms with Crippen LogP contribution in [0.1, 0.15) is 11.3 Å². The van der Waals surface area contributed by atoms with Gasteiger partial charge in [0.1, 0.15) is 0 Å². The fraction of sp³-hybridized carbons (Fsp3) is 0.0952. The molecule has 7 nitrogen and oxygen atoms in total. The number of hydrogen-bond donors (Lipinski definition) is 1. The van der Waals surface area contributed by atoms with E-state index in [9.17, 15) is 13.2 Å². The number of nitrogens with one attached hydrogen (secondary N) is 1. The maximum absolute atomic E-state index is 13.2. The Morgan fingerprint density at radius 1 is 1.10 bits per heavy atom. The summed E-state index contributed by atoms with van der Waals surface area (Å²) < 4.78 is 28.3. The molecule has 3 rings (SSSR count). The number of hydrazone groups is 1. The monoisotopic (exact) mass is 520 g/mol. The molecule has 1 N–H and O–H groups in total. The second-order valence-corrected chi connectivity index (χ2v) is 9.63. The summed E-state index contributed by atoms with van der Waals surface area (Å²) in [6.07, 6.45) is 2.97. The second kappa shape index (κ2) is 10.6. The molecule has 0 unspecified atom stereocenters. The Hall–Kier alpha value is -2.59. The summed E-state index contributed by atoms with van der Waals surface area (Å²) in [7, 11) is -3.98. The van der Waals surface area contributed by atoms with E-state index in [0.29, 0.717) is 16.3 Å². The zero-order valence-electron chi connectivity index (χ0n) is 16.2. The predicted molar refractivity (Wildman–Crippen MR) is 123 cm³/mol. The number of sulfonamides is 1. The first-order valence-electron chi connectivity index (χ1n) is 9.08. The molecule has 0 saturated carbocycles. The van der Waals surface area contributed by atoms with E-state index in [1.807, 2.05) is 0 Å². The third-order valence-corrected chi connectivity index (χ3v) is 6.85. The molecule has 0 atom stereocenters. The first-order chi connectivity index (χ1) is 14.9. The molecule has 1 amide bonds. The van der Waals surface area contributed by atoms with Crippen molar-refractivity contribution < 1.29 is 13.2 Å². The Bertz CT molecular complexity index is 1170. The summed E-state index contributed by atoms with van der Waals surface area (Å²) in [6.45, 7) is -0.515. The average molecular weight is 522 g/mol. The Morgan fingerprint density at radius 3 is 2.48 bits per heavy atom. The van der Waals surface area contributed by atoms with Gasteiger partial charge in [-0.15, -0.1) is 0 Å². The standard InChI is InChI=1S/C21H18BrClN4O3S/c22-17-8-10-19(11-9-17)31(29,30)27(14-16-5-1-2-7-20(16)23)15-21(28)26-25-13-18-6-3-4-12-24-18/h1-13H,14-15H2,(H,26,28)/b25-13+. The van der Waals surface area contributed by atoms with Crippen LogP contribution in [-0.2, 0) is 21.4 Å². The number of halogens is 2. The Kier molecular flexibility index (Phi) is 7.91. The van der Waals surface area contributed by atoms with Crippen molar-refractivity contribution in [3.05, 3.63) is 93.7 Å². The quantitative estimate of drug-likeness (QED) is 0.360. The Balaban J connectivity index is 1.81. The molecule has 31 heavy (non-hydrogen) atoms. The molecule has 0 saturated heterocycles. The Labute approximate surface area is 193 Å². The number of benzene rings is 2. The van der Waals surface area contributed by atoms with E-state index in [1.54, 1.807) is 60.8 Å². The molecule has 0 aliphatic heterocycles. The molecule has 0 bridgehead atoms. The first-order valence-corrected chi connectivity index (χ1v) is 11.7. The number of rotatable bonds is 8. The van der Waals surface area contributed by atoms with E-state index in [0.717, 1.165) is 8.78 Å². The van der Waals surface area contributed by atoms with Crippen molar-refractivity contribution in [2.24, 2.45) is 5.10 Å². The van der Waals surface area contributed by atoms with Crippen LogP contribution < -0.4 is 5.43 Å². The molecule has 1 aromatic heterocycles. The fourth-order valence-electron chi connectivity index (χ4n) is 2.62. The van der Waals surface area contributed by atoms with Gasteiger partial charge in [0.05, 0.1) is 23.3 Å².